The normalized spacial score (nSPS) is 16.0. The smallest absolute Gasteiger partial charge is 0.320 e. The second-order valence-corrected chi connectivity index (χ2v) is 6.64. The molecule has 1 heterocycles. The molecule has 2 amide bonds. The fourth-order valence-corrected chi connectivity index (χ4v) is 3.21. The average Bonchev–Trinajstić information content (AvgIpc) is 2.65. The number of amides is 2. The van der Waals surface area contributed by atoms with Gasteiger partial charge in [0.15, 0.2) is 0 Å². The molecule has 132 valence electrons. The number of urea groups is 1. The Bertz CT molecular complexity index is 666. The lowest BCUT2D eigenvalue weighted by atomic mass is 9.96. The maximum Gasteiger partial charge on any atom is 0.320 e. The maximum absolute atomic E-state index is 12.1. The summed E-state index contributed by atoms with van der Waals surface area (Å²) in [5.74, 6) is 0.561. The molecule has 0 saturated heterocycles. The zero-order chi connectivity index (χ0) is 17.5. The molecule has 1 atom stereocenters. The minimum atomic E-state index is -0.169. The number of aromatic nitrogens is 1. The molecule has 1 unspecified atom stereocenters. The predicted octanol–water partition coefficient (Wildman–Crippen LogP) is 4.71. The lowest BCUT2D eigenvalue weighted by Crippen LogP contribution is -2.39. The first-order valence-corrected chi connectivity index (χ1v) is 9.06. The summed E-state index contributed by atoms with van der Waals surface area (Å²) in [5.41, 5.74) is 2.14. The molecule has 1 saturated carbocycles. The molecular formula is C20H26N4O. The molecule has 1 fully saturated rings. The van der Waals surface area contributed by atoms with Gasteiger partial charge in [-0.05, 0) is 37.5 Å². The third-order valence-corrected chi connectivity index (χ3v) is 4.63. The Morgan fingerprint density at radius 3 is 2.52 bits per heavy atom. The first-order chi connectivity index (χ1) is 12.2. The van der Waals surface area contributed by atoms with Crippen LogP contribution < -0.4 is 16.0 Å². The summed E-state index contributed by atoms with van der Waals surface area (Å²) in [6.45, 7) is 2.11. The van der Waals surface area contributed by atoms with Crippen LogP contribution in [0.5, 0.6) is 0 Å². The number of hydrogen-bond acceptors (Lipinski definition) is 3. The van der Waals surface area contributed by atoms with Crippen LogP contribution in [-0.4, -0.2) is 17.1 Å². The molecule has 0 bridgehead atoms. The van der Waals surface area contributed by atoms with Gasteiger partial charge in [-0.1, -0.05) is 49.6 Å². The van der Waals surface area contributed by atoms with Gasteiger partial charge in [-0.25, -0.2) is 9.78 Å². The van der Waals surface area contributed by atoms with E-state index in [0.29, 0.717) is 11.9 Å². The summed E-state index contributed by atoms with van der Waals surface area (Å²) in [6, 6.07) is 14.3. The van der Waals surface area contributed by atoms with Crippen molar-refractivity contribution in [2.45, 2.75) is 51.1 Å². The Hall–Kier alpha value is -2.56. The van der Waals surface area contributed by atoms with E-state index < -0.39 is 0 Å². The van der Waals surface area contributed by atoms with E-state index in [2.05, 4.69) is 40.0 Å². The summed E-state index contributed by atoms with van der Waals surface area (Å²) < 4.78 is 0. The molecular weight excluding hydrogens is 312 g/mol. The quantitative estimate of drug-likeness (QED) is 0.740. The zero-order valence-corrected chi connectivity index (χ0v) is 14.7. The van der Waals surface area contributed by atoms with Crippen LogP contribution in [0.1, 0.15) is 50.6 Å². The number of nitrogens with zero attached hydrogens (tertiary/aromatic N) is 1. The van der Waals surface area contributed by atoms with Crippen molar-refractivity contribution in [2.24, 2.45) is 0 Å². The molecule has 3 N–H and O–H groups in total. The molecule has 5 heteroatoms. The van der Waals surface area contributed by atoms with Crippen LogP contribution in [0.2, 0.25) is 0 Å². The van der Waals surface area contributed by atoms with Crippen molar-refractivity contribution in [2.75, 3.05) is 10.6 Å². The van der Waals surface area contributed by atoms with Crippen LogP contribution in [0.4, 0.5) is 16.3 Å². The number of anilines is 2. The van der Waals surface area contributed by atoms with Gasteiger partial charge in [0, 0.05) is 12.1 Å². The van der Waals surface area contributed by atoms with Crippen LogP contribution in [0.25, 0.3) is 0 Å². The Labute approximate surface area is 149 Å². The average molecular weight is 338 g/mol. The molecule has 1 aromatic carbocycles. The van der Waals surface area contributed by atoms with E-state index in [1.54, 1.807) is 6.20 Å². The van der Waals surface area contributed by atoms with Crippen LogP contribution in [-0.2, 0) is 0 Å². The molecule has 0 spiro atoms. The van der Waals surface area contributed by atoms with E-state index in [1.165, 1.54) is 24.8 Å². The van der Waals surface area contributed by atoms with Crippen molar-refractivity contribution >= 4 is 17.5 Å². The summed E-state index contributed by atoms with van der Waals surface area (Å²) in [7, 11) is 0. The summed E-state index contributed by atoms with van der Waals surface area (Å²) in [4.78, 5) is 16.4. The second kappa shape index (κ2) is 8.51. The number of nitrogens with one attached hydrogen (secondary N) is 3. The highest BCUT2D eigenvalue weighted by Gasteiger charge is 2.15. The van der Waals surface area contributed by atoms with E-state index in [1.807, 2.05) is 30.3 Å². The van der Waals surface area contributed by atoms with E-state index in [-0.39, 0.29) is 12.1 Å². The Balaban J connectivity index is 1.50. The van der Waals surface area contributed by atoms with Crippen LogP contribution >= 0.6 is 0 Å². The van der Waals surface area contributed by atoms with Crippen molar-refractivity contribution in [3.05, 3.63) is 54.2 Å². The Morgan fingerprint density at radius 2 is 1.84 bits per heavy atom. The first-order valence-electron chi connectivity index (χ1n) is 9.06. The summed E-state index contributed by atoms with van der Waals surface area (Å²) in [6.07, 6.45) is 7.56. The van der Waals surface area contributed by atoms with E-state index in [0.717, 1.165) is 18.5 Å². The number of pyridine rings is 1. The Morgan fingerprint density at radius 1 is 1.08 bits per heavy atom. The van der Waals surface area contributed by atoms with E-state index in [9.17, 15) is 4.79 Å². The highest BCUT2D eigenvalue weighted by atomic mass is 16.2. The lowest BCUT2D eigenvalue weighted by Gasteiger charge is -2.22. The molecule has 1 aliphatic carbocycles. The van der Waals surface area contributed by atoms with Gasteiger partial charge in [-0.3, -0.25) is 5.32 Å². The van der Waals surface area contributed by atoms with E-state index >= 15 is 0 Å². The van der Waals surface area contributed by atoms with Crippen molar-refractivity contribution < 1.29 is 4.79 Å². The number of benzene rings is 1. The largest absolute Gasteiger partial charge is 0.377 e. The zero-order valence-electron chi connectivity index (χ0n) is 14.7. The minimum absolute atomic E-state index is 0.169. The van der Waals surface area contributed by atoms with Gasteiger partial charge in [0.25, 0.3) is 0 Å². The Kier molecular flexibility index (Phi) is 5.88. The monoisotopic (exact) mass is 338 g/mol. The predicted molar refractivity (Wildman–Crippen MR) is 102 cm³/mol. The van der Waals surface area contributed by atoms with Crippen LogP contribution in [0.15, 0.2) is 48.7 Å². The number of rotatable bonds is 5. The minimum Gasteiger partial charge on any atom is -0.377 e. The van der Waals surface area contributed by atoms with Crippen molar-refractivity contribution in [1.82, 2.24) is 10.3 Å². The third kappa shape index (κ3) is 5.21. The molecule has 5 nitrogen and oxygen atoms in total. The topological polar surface area (TPSA) is 66.0 Å². The van der Waals surface area contributed by atoms with Crippen LogP contribution in [0.3, 0.4) is 0 Å². The van der Waals surface area contributed by atoms with Crippen LogP contribution in [0, 0.1) is 0 Å². The standard InChI is InChI=1S/C20H26N4O/c1-15(16-8-4-2-5-9-16)22-18-12-13-19(21-14-18)24-20(25)23-17-10-6-3-7-11-17/h2,4-5,8-9,12-15,17,22H,3,6-7,10-11H2,1H3,(H2,21,23,24,25). The van der Waals surface area contributed by atoms with Gasteiger partial charge in [0.05, 0.1) is 11.9 Å². The third-order valence-electron chi connectivity index (χ3n) is 4.63. The van der Waals surface area contributed by atoms with Gasteiger partial charge >= 0.3 is 6.03 Å². The molecule has 0 radical (unpaired) electrons. The summed E-state index contributed by atoms with van der Waals surface area (Å²) >= 11 is 0. The van der Waals surface area contributed by atoms with Crippen molar-refractivity contribution in [3.63, 3.8) is 0 Å². The fourth-order valence-electron chi connectivity index (χ4n) is 3.21. The van der Waals surface area contributed by atoms with Gasteiger partial charge in [-0.2, -0.15) is 0 Å². The maximum atomic E-state index is 12.1. The molecule has 1 aromatic heterocycles. The van der Waals surface area contributed by atoms with Gasteiger partial charge in [0.2, 0.25) is 0 Å². The fraction of sp³-hybridized carbons (Fsp3) is 0.400. The highest BCUT2D eigenvalue weighted by Crippen LogP contribution is 2.20. The van der Waals surface area contributed by atoms with Crippen molar-refractivity contribution in [3.8, 4) is 0 Å². The number of carbonyl (C=O) groups is 1. The molecule has 3 rings (SSSR count). The number of carbonyl (C=O) groups excluding carboxylic acids is 1. The van der Waals surface area contributed by atoms with Gasteiger partial charge in [0.1, 0.15) is 5.82 Å². The first kappa shape index (κ1) is 17.3. The molecule has 25 heavy (non-hydrogen) atoms. The lowest BCUT2D eigenvalue weighted by molar-refractivity contribution is 0.244. The molecule has 0 aliphatic heterocycles. The highest BCUT2D eigenvalue weighted by molar-refractivity contribution is 5.88. The molecule has 2 aromatic rings. The SMILES string of the molecule is CC(Nc1ccc(NC(=O)NC2CCCCC2)nc1)c1ccccc1. The van der Waals surface area contributed by atoms with Gasteiger partial charge < -0.3 is 10.6 Å². The number of hydrogen-bond donors (Lipinski definition) is 3. The van der Waals surface area contributed by atoms with Crippen molar-refractivity contribution in [1.29, 1.82) is 0 Å². The molecule has 1 aliphatic rings. The summed E-state index contributed by atoms with van der Waals surface area (Å²) in [5, 5.41) is 9.26. The van der Waals surface area contributed by atoms with Gasteiger partial charge in [-0.15, -0.1) is 0 Å². The second-order valence-electron chi connectivity index (χ2n) is 6.64. The van der Waals surface area contributed by atoms with E-state index in [4.69, 9.17) is 0 Å².